The van der Waals surface area contributed by atoms with Crippen LogP contribution in [-0.4, -0.2) is 212 Å². The van der Waals surface area contributed by atoms with Crippen molar-refractivity contribution in [3.63, 3.8) is 0 Å². The minimum Gasteiger partial charge on any atom is -0.481 e. The van der Waals surface area contributed by atoms with Crippen molar-refractivity contribution in [2.75, 3.05) is 18.6 Å². The van der Waals surface area contributed by atoms with Gasteiger partial charge in [-0.2, -0.15) is 11.8 Å². The standard InChI is InChI=1S/C40H53N9O15.C30H58N4O4S.C10H8N2.2C5H5N.Ru/c1-21-14-17-42-29(19-21)30-20-23(15-18-43-30)36(60)44-16-4-3-5-24(35(41)59)46-38(62)26(7-11-32(53)54)48-40(64)28(9-13-34(57)58)49-39(63)27(8-12-33(55)56)47-37(61)25(45-22(2)50)6-10-31(51)52;1-7-8-9-10-11-12-13-14-15-16-17-18-19-20-27(35)34-26(21-22-39-6)30(38)33-25(5)29(37)32-24(4)28(36)31-23(2)3;1-3-7-11-9(5-1)10-6-2-4-8-12-10;2*1-2-4-6-5-3-1;/h14-15,17-20,24-28H,3-13,16H2,1-2H3,(H2,41,59)(H,44,60)(H,45,50)(H,46,62)(H,47,61)(H,48,64)(H,49,63)(H,51,52)(H,53,54)(H,55,56)(H,57,58);23-26H,7-22H2,1-6H3,(H,31,36)(H,32,37)(H,33,38)(H,34,35);1-8H;2*1-5H;/q;;;;;+2/t24-,25-,26-,27-,28-;24-,25-,26-;;;;/m00..../s1. The smallest absolute Gasteiger partial charge is 0.481 e. The van der Waals surface area contributed by atoms with Crippen molar-refractivity contribution in [3.05, 3.63) is 158 Å². The maximum atomic E-state index is 13.6. The van der Waals surface area contributed by atoms with Gasteiger partial charge < -0.3 is 79.3 Å². The number of carboxylic acid groups (broad SMARTS) is 4. The van der Waals surface area contributed by atoms with Gasteiger partial charge in [0.05, 0.1) is 22.8 Å². The molecule has 6 aromatic rings. The normalized spacial score (nSPS) is 12.3. The number of carboxylic acids is 4. The molecule has 700 valence electrons. The first-order chi connectivity index (χ1) is 60.7. The van der Waals surface area contributed by atoms with Crippen LogP contribution in [0.5, 0.6) is 0 Å². The molecule has 0 unspecified atom stereocenters. The van der Waals surface area contributed by atoms with E-state index in [0.29, 0.717) is 42.0 Å². The van der Waals surface area contributed by atoms with Gasteiger partial charge in [0.15, 0.2) is 0 Å². The zero-order valence-electron chi connectivity index (χ0n) is 74.3. The number of amides is 11. The Kier molecular flexibility index (Phi) is 61.5. The van der Waals surface area contributed by atoms with Gasteiger partial charge in [-0.05, 0) is 183 Å². The summed E-state index contributed by atoms with van der Waals surface area (Å²) in [4.78, 5) is 210. The van der Waals surface area contributed by atoms with Crippen LogP contribution in [0.15, 0.2) is 147 Å². The van der Waals surface area contributed by atoms with Gasteiger partial charge in [-0.3, -0.25) is 102 Å². The summed E-state index contributed by atoms with van der Waals surface area (Å²) < 4.78 is 0. The third kappa shape index (κ3) is 54.7. The summed E-state index contributed by atoms with van der Waals surface area (Å²) in [6, 6.07) is 19.5. The Morgan fingerprint density at radius 3 is 1.12 bits per heavy atom. The molecular weight excluding hydrogens is 1760 g/mol. The molecule has 0 saturated heterocycles. The molecule has 0 aromatic carbocycles. The van der Waals surface area contributed by atoms with Crippen LogP contribution in [-0.2, 0) is 86.6 Å². The van der Waals surface area contributed by atoms with Crippen LogP contribution in [0.3, 0.4) is 0 Å². The van der Waals surface area contributed by atoms with Crippen molar-refractivity contribution >= 4 is 101 Å². The van der Waals surface area contributed by atoms with Crippen LogP contribution in [0.4, 0.5) is 0 Å². The second-order valence-electron chi connectivity index (χ2n) is 30.0. The van der Waals surface area contributed by atoms with Crippen LogP contribution < -0.4 is 58.9 Å². The average Bonchev–Trinajstić information content (AvgIpc) is 0.847. The molecule has 0 radical (unpaired) electrons. The molecule has 0 saturated carbocycles. The van der Waals surface area contributed by atoms with E-state index in [-0.39, 0.29) is 62.6 Å². The van der Waals surface area contributed by atoms with Gasteiger partial charge in [0.1, 0.15) is 48.3 Å². The SMILES string of the molecule is CC(=O)N[C@@H](CCC(=O)O)C(=O)N[C@@H](CCC(=O)O)C(=O)N[C@@H](CCC(=O)O)C(=O)N[C@@H](CCC(=O)O)C(=O)N[C@@H](CCCCNC(=O)c1ccnc(-c2cc(C)ccn2)c1)C(N)=O.CCCCCCCCCCCCCCCC(=O)N[C@@H](CCSC)C(=O)N[C@@H](C)C(=O)N[C@@H](C)C(=O)NC(C)C.[Ru+2].c1ccc(-c2ccccn2)nc1.c1ccncc1.c1ccncc1. The summed E-state index contributed by atoms with van der Waals surface area (Å²) >= 11 is 1.60. The maximum Gasteiger partial charge on any atom is 2.00 e. The quantitative estimate of drug-likeness (QED) is 0.0126. The minimum atomic E-state index is -1.79. The van der Waals surface area contributed by atoms with Gasteiger partial charge >= 0.3 is 43.4 Å². The molecule has 6 aromatic heterocycles. The molecule has 0 fully saturated rings. The van der Waals surface area contributed by atoms with Crippen molar-refractivity contribution in [3.8, 4) is 22.8 Å². The molecule has 36 nitrogen and oxygen atoms in total. The van der Waals surface area contributed by atoms with Gasteiger partial charge in [-0.25, -0.2) is 0 Å². The zero-order valence-corrected chi connectivity index (χ0v) is 76.8. The largest absolute Gasteiger partial charge is 2.00 e. The van der Waals surface area contributed by atoms with Gasteiger partial charge in [0, 0.05) is 107 Å². The van der Waals surface area contributed by atoms with Crippen molar-refractivity contribution in [2.45, 2.75) is 270 Å². The summed E-state index contributed by atoms with van der Waals surface area (Å²) in [7, 11) is 0. The summed E-state index contributed by atoms with van der Waals surface area (Å²) in [5, 5.41) is 61.9. The summed E-state index contributed by atoms with van der Waals surface area (Å²) in [5.74, 6) is -12.8. The Hall–Kier alpha value is -12.1. The molecular formula is C90H129N17O19RuS+2. The molecule has 0 bridgehead atoms. The number of hydrogen-bond acceptors (Lipinski definition) is 22. The zero-order chi connectivity index (χ0) is 94.1. The fourth-order valence-electron chi connectivity index (χ4n) is 11.9. The summed E-state index contributed by atoms with van der Waals surface area (Å²) in [6.07, 6.45) is 28.3. The molecule has 0 aliphatic carbocycles. The van der Waals surface area contributed by atoms with E-state index in [4.69, 9.17) is 10.8 Å². The molecule has 8 atom stereocenters. The Morgan fingerprint density at radius 1 is 0.375 bits per heavy atom. The van der Waals surface area contributed by atoms with Crippen LogP contribution in [0.2, 0.25) is 0 Å². The van der Waals surface area contributed by atoms with E-state index in [1.165, 1.54) is 76.5 Å². The molecule has 0 aliphatic heterocycles. The van der Waals surface area contributed by atoms with E-state index in [0.717, 1.165) is 43.1 Å². The molecule has 0 spiro atoms. The van der Waals surface area contributed by atoms with Gasteiger partial charge in [-0.15, -0.1) is 0 Å². The number of primary amides is 1. The van der Waals surface area contributed by atoms with Crippen LogP contribution >= 0.6 is 11.8 Å². The number of rotatable bonds is 54. The number of unbranched alkanes of at least 4 members (excludes halogenated alkanes) is 13. The fraction of sp³-hybridized carbons (Fsp3) is 0.500. The number of nitrogens with two attached hydrogens (primary N) is 1. The molecule has 11 amide bonds. The fourth-order valence-corrected chi connectivity index (χ4v) is 12.3. The Balaban J connectivity index is 0.00000106. The molecule has 128 heavy (non-hydrogen) atoms. The van der Waals surface area contributed by atoms with E-state index in [2.05, 4.69) is 90.0 Å². The molecule has 6 heterocycles. The van der Waals surface area contributed by atoms with Crippen molar-refractivity contribution < 1.29 is 112 Å². The number of carbonyl (C=O) groups excluding carboxylic acids is 11. The van der Waals surface area contributed by atoms with Gasteiger partial charge in [-0.1, -0.05) is 108 Å². The van der Waals surface area contributed by atoms with Crippen molar-refractivity contribution in [1.29, 1.82) is 0 Å². The first-order valence-corrected chi connectivity index (χ1v) is 44.2. The topological polar surface area (TPSA) is 561 Å². The van der Waals surface area contributed by atoms with Crippen molar-refractivity contribution in [1.82, 2.24) is 83.1 Å². The maximum absolute atomic E-state index is 13.6. The van der Waals surface area contributed by atoms with E-state index < -0.39 is 171 Å². The predicted octanol–water partition coefficient (Wildman–Crippen LogP) is 8.28. The van der Waals surface area contributed by atoms with Gasteiger partial charge in [0.2, 0.25) is 59.1 Å². The number of aromatic nitrogens is 6. The van der Waals surface area contributed by atoms with Gasteiger partial charge in [0.25, 0.3) is 5.91 Å². The number of aliphatic carboxylic acids is 4. The number of nitrogens with one attached hydrogen (secondary N) is 10. The molecule has 38 heteroatoms. The van der Waals surface area contributed by atoms with Crippen LogP contribution in [0, 0.1) is 6.92 Å². The first-order valence-electron chi connectivity index (χ1n) is 42.8. The third-order valence-electron chi connectivity index (χ3n) is 18.7. The molecule has 16 N–H and O–H groups in total. The second-order valence-corrected chi connectivity index (χ2v) is 31.0. The van der Waals surface area contributed by atoms with Crippen LogP contribution in [0.1, 0.15) is 224 Å². The van der Waals surface area contributed by atoms with E-state index in [1.54, 1.807) is 75.1 Å². The Bertz CT molecular complexity index is 4170. The predicted molar refractivity (Wildman–Crippen MR) is 480 cm³/mol. The molecule has 6 rings (SSSR count). The van der Waals surface area contributed by atoms with Crippen LogP contribution in [0.25, 0.3) is 22.8 Å². The number of aryl methyl sites for hydroxylation is 1. The average molecular weight is 1890 g/mol. The summed E-state index contributed by atoms with van der Waals surface area (Å²) in [5.41, 5.74) is 9.71. The van der Waals surface area contributed by atoms with E-state index in [9.17, 15) is 87.2 Å². The van der Waals surface area contributed by atoms with Crippen molar-refractivity contribution in [2.24, 2.45) is 5.73 Å². The van der Waals surface area contributed by atoms with E-state index in [1.807, 2.05) is 112 Å². The first kappa shape index (κ1) is 114. The Labute approximate surface area is 765 Å². The minimum absolute atomic E-state index is 0. The van der Waals surface area contributed by atoms with E-state index >= 15 is 0 Å². The number of hydrogen-bond donors (Lipinski definition) is 15. The third-order valence-corrected chi connectivity index (χ3v) is 19.3. The number of pyridine rings is 6. The number of carbonyl (C=O) groups is 15. The Morgan fingerprint density at radius 2 is 0.750 bits per heavy atom. The number of nitrogens with zero attached hydrogens (tertiary/aromatic N) is 6. The number of thioether (sulfide) groups is 1. The second kappa shape index (κ2) is 69.1. The monoisotopic (exact) mass is 1890 g/mol. The summed E-state index contributed by atoms with van der Waals surface area (Å²) in [6.45, 7) is 12.2. The molecule has 0 aliphatic rings.